The first-order valence-electron chi connectivity index (χ1n) is 10.7. The van der Waals surface area contributed by atoms with Crippen molar-refractivity contribution in [1.82, 2.24) is 4.98 Å². The first-order chi connectivity index (χ1) is 16.4. The zero-order valence-corrected chi connectivity index (χ0v) is 19.9. The van der Waals surface area contributed by atoms with Gasteiger partial charge in [0.1, 0.15) is 29.5 Å². The number of nitrogens with zero attached hydrogens (tertiary/aromatic N) is 2. The van der Waals surface area contributed by atoms with Crippen LogP contribution in [0.4, 0.5) is 11.4 Å². The van der Waals surface area contributed by atoms with E-state index in [1.54, 1.807) is 18.2 Å². The van der Waals surface area contributed by atoms with Crippen LogP contribution < -0.4 is 19.1 Å². The third-order valence-electron chi connectivity index (χ3n) is 5.55. The van der Waals surface area contributed by atoms with Gasteiger partial charge in [-0.2, -0.15) is 0 Å². The Labute approximate surface area is 203 Å². The summed E-state index contributed by atoms with van der Waals surface area (Å²) in [6, 6.07) is 21.3. The van der Waals surface area contributed by atoms with Crippen molar-refractivity contribution in [2.45, 2.75) is 11.5 Å². The Hall–Kier alpha value is -3.49. The number of hydrogen-bond acceptors (Lipinski definition) is 6. The summed E-state index contributed by atoms with van der Waals surface area (Å²) in [5, 5.41) is 0.905. The van der Waals surface area contributed by atoms with Gasteiger partial charge in [0.2, 0.25) is 5.88 Å². The van der Waals surface area contributed by atoms with Crippen LogP contribution in [0, 0.1) is 0 Å². The molecule has 1 N–H and O–H groups in total. The molecule has 1 aliphatic rings. The first-order valence-corrected chi connectivity index (χ1v) is 12.5. The van der Waals surface area contributed by atoms with Crippen LogP contribution in [-0.4, -0.2) is 33.6 Å². The lowest BCUT2D eigenvalue weighted by atomic mass is 10.1. The number of hydrogen-bond donors (Lipinski definition) is 1. The molecule has 3 aromatic carbocycles. The van der Waals surface area contributed by atoms with Crippen LogP contribution in [0.15, 0.2) is 77.7 Å². The molecule has 7 nitrogen and oxygen atoms in total. The quantitative estimate of drug-likeness (QED) is 0.401. The highest BCUT2D eigenvalue weighted by molar-refractivity contribution is 7.92. The molecular weight excluding hydrogens is 474 g/mol. The van der Waals surface area contributed by atoms with Crippen LogP contribution in [0.25, 0.3) is 10.9 Å². The van der Waals surface area contributed by atoms with E-state index in [-0.39, 0.29) is 28.1 Å². The van der Waals surface area contributed by atoms with Gasteiger partial charge in [0.15, 0.2) is 0 Å². The van der Waals surface area contributed by atoms with Gasteiger partial charge in [0, 0.05) is 12.4 Å². The maximum absolute atomic E-state index is 13.1. The second kappa shape index (κ2) is 9.04. The Bertz CT molecular complexity index is 1480. The third-order valence-corrected chi connectivity index (χ3v) is 7.42. The van der Waals surface area contributed by atoms with Crippen molar-refractivity contribution in [2.24, 2.45) is 0 Å². The normalized spacial score (nSPS) is 13.3. The monoisotopic (exact) mass is 495 g/mol. The van der Waals surface area contributed by atoms with Crippen molar-refractivity contribution in [3.63, 3.8) is 0 Å². The van der Waals surface area contributed by atoms with E-state index >= 15 is 0 Å². The molecule has 0 unspecified atom stereocenters. The summed E-state index contributed by atoms with van der Waals surface area (Å²) in [4.78, 5) is 6.68. The van der Waals surface area contributed by atoms with Gasteiger partial charge < -0.3 is 14.4 Å². The highest BCUT2D eigenvalue weighted by atomic mass is 35.5. The van der Waals surface area contributed by atoms with Crippen molar-refractivity contribution >= 4 is 43.9 Å². The molecule has 5 rings (SSSR count). The zero-order valence-electron chi connectivity index (χ0n) is 18.4. The standard InChI is InChI=1S/C25H22ClN3O4S/c1-29-12-13-32-23-14-17(10-11-22(23)29)16-33-25-21(15-18-6-2-4-8-20(18)27-25)28-34(30,31)24-9-5-3-7-19(24)26/h2-11,14-15,28H,12-13,16H2,1H3. The molecule has 0 amide bonds. The summed E-state index contributed by atoms with van der Waals surface area (Å²) in [6.07, 6.45) is 0. The lowest BCUT2D eigenvalue weighted by Crippen LogP contribution is -2.28. The van der Waals surface area contributed by atoms with E-state index in [1.165, 1.54) is 12.1 Å². The Kier molecular flexibility index (Phi) is 5.93. The van der Waals surface area contributed by atoms with Gasteiger partial charge in [-0.25, -0.2) is 13.4 Å². The van der Waals surface area contributed by atoms with Crippen LogP contribution in [0.5, 0.6) is 11.6 Å². The number of pyridine rings is 1. The summed E-state index contributed by atoms with van der Waals surface area (Å²) in [6.45, 7) is 1.64. The number of halogens is 1. The van der Waals surface area contributed by atoms with Crippen molar-refractivity contribution < 1.29 is 17.9 Å². The van der Waals surface area contributed by atoms with E-state index < -0.39 is 10.0 Å². The average molecular weight is 496 g/mol. The van der Waals surface area contributed by atoms with Crippen molar-refractivity contribution in [2.75, 3.05) is 29.8 Å². The number of anilines is 2. The number of ether oxygens (including phenoxy) is 2. The number of sulfonamides is 1. The summed E-state index contributed by atoms with van der Waals surface area (Å²) in [5.41, 5.74) is 2.82. The van der Waals surface area contributed by atoms with Crippen molar-refractivity contribution in [3.05, 3.63) is 83.4 Å². The maximum atomic E-state index is 13.1. The van der Waals surface area contributed by atoms with E-state index in [9.17, 15) is 8.42 Å². The van der Waals surface area contributed by atoms with Crippen LogP contribution >= 0.6 is 11.6 Å². The average Bonchev–Trinajstić information content (AvgIpc) is 2.83. The fourth-order valence-corrected chi connectivity index (χ4v) is 5.36. The molecule has 1 aromatic heterocycles. The number of aromatic nitrogens is 1. The van der Waals surface area contributed by atoms with Gasteiger partial charge in [0.25, 0.3) is 10.0 Å². The Morgan fingerprint density at radius 3 is 2.74 bits per heavy atom. The SMILES string of the molecule is CN1CCOc2cc(COc3nc4ccccc4cc3NS(=O)(=O)c3ccccc3Cl)ccc21. The van der Waals surface area contributed by atoms with Crippen molar-refractivity contribution in [1.29, 1.82) is 0 Å². The lowest BCUT2D eigenvalue weighted by Gasteiger charge is -2.28. The van der Waals surface area contributed by atoms with Crippen LogP contribution in [-0.2, 0) is 16.6 Å². The first kappa shape index (κ1) is 22.3. The summed E-state index contributed by atoms with van der Waals surface area (Å²) in [5.74, 6) is 0.964. The smallest absolute Gasteiger partial charge is 0.263 e. The minimum absolute atomic E-state index is 0.0215. The Morgan fingerprint density at radius 2 is 1.88 bits per heavy atom. The van der Waals surface area contributed by atoms with E-state index in [2.05, 4.69) is 14.6 Å². The number of nitrogens with one attached hydrogen (secondary N) is 1. The molecule has 34 heavy (non-hydrogen) atoms. The molecule has 0 radical (unpaired) electrons. The maximum Gasteiger partial charge on any atom is 0.263 e. The molecule has 4 aromatic rings. The summed E-state index contributed by atoms with van der Waals surface area (Å²) < 4.78 is 40.5. The molecular formula is C25H22ClN3O4S. The number of fused-ring (bicyclic) bond motifs is 2. The topological polar surface area (TPSA) is 80.8 Å². The van der Waals surface area contributed by atoms with Gasteiger partial charge >= 0.3 is 0 Å². The minimum atomic E-state index is -3.96. The van der Waals surface area contributed by atoms with E-state index in [1.807, 2.05) is 49.5 Å². The van der Waals surface area contributed by atoms with Gasteiger partial charge in [0.05, 0.1) is 22.8 Å². The molecule has 9 heteroatoms. The summed E-state index contributed by atoms with van der Waals surface area (Å²) >= 11 is 6.14. The third kappa shape index (κ3) is 4.47. The Balaban J connectivity index is 1.47. The molecule has 1 aliphatic heterocycles. The zero-order chi connectivity index (χ0) is 23.7. The molecule has 0 bridgehead atoms. The molecule has 0 fully saturated rings. The second-order valence-electron chi connectivity index (χ2n) is 7.93. The minimum Gasteiger partial charge on any atom is -0.490 e. The molecule has 0 spiro atoms. The number of likely N-dealkylation sites (N-methyl/N-ethyl adjacent to an activating group) is 1. The number of para-hydroxylation sites is 1. The molecule has 0 aliphatic carbocycles. The van der Waals surface area contributed by atoms with E-state index in [4.69, 9.17) is 21.1 Å². The molecule has 0 saturated heterocycles. The fraction of sp³-hybridized carbons (Fsp3) is 0.160. The highest BCUT2D eigenvalue weighted by Crippen LogP contribution is 2.34. The predicted octanol–water partition coefficient (Wildman–Crippen LogP) is 5.10. The van der Waals surface area contributed by atoms with Gasteiger partial charge in [-0.15, -0.1) is 0 Å². The lowest BCUT2D eigenvalue weighted by molar-refractivity contribution is 0.291. The Morgan fingerprint density at radius 1 is 1.09 bits per heavy atom. The van der Waals surface area contributed by atoms with E-state index in [0.717, 1.165) is 28.9 Å². The molecule has 174 valence electrons. The largest absolute Gasteiger partial charge is 0.490 e. The fourth-order valence-electron chi connectivity index (χ4n) is 3.79. The predicted molar refractivity (Wildman–Crippen MR) is 134 cm³/mol. The van der Waals surface area contributed by atoms with Gasteiger partial charge in [-0.3, -0.25) is 4.72 Å². The number of benzene rings is 3. The van der Waals surface area contributed by atoms with Gasteiger partial charge in [-0.1, -0.05) is 48.0 Å². The summed E-state index contributed by atoms with van der Waals surface area (Å²) in [7, 11) is -1.94. The van der Waals surface area contributed by atoms with E-state index in [0.29, 0.717) is 12.1 Å². The molecule has 2 heterocycles. The van der Waals surface area contributed by atoms with Crippen LogP contribution in [0.1, 0.15) is 5.56 Å². The second-order valence-corrected chi connectivity index (χ2v) is 9.99. The van der Waals surface area contributed by atoms with Crippen LogP contribution in [0.2, 0.25) is 5.02 Å². The van der Waals surface area contributed by atoms with Crippen molar-refractivity contribution in [3.8, 4) is 11.6 Å². The van der Waals surface area contributed by atoms with Gasteiger partial charge in [-0.05, 0) is 42.0 Å². The highest BCUT2D eigenvalue weighted by Gasteiger charge is 2.21. The van der Waals surface area contributed by atoms with Crippen LogP contribution in [0.3, 0.4) is 0 Å². The molecule has 0 atom stereocenters. The number of rotatable bonds is 6. The molecule has 0 saturated carbocycles.